The molecule has 1 unspecified atom stereocenters. The minimum atomic E-state index is -0.924. The first-order valence-corrected chi connectivity index (χ1v) is 16.2. The predicted molar refractivity (Wildman–Crippen MR) is 165 cm³/mol. The molecule has 42 heavy (non-hydrogen) atoms. The van der Waals surface area contributed by atoms with Gasteiger partial charge in [-0.05, 0) is 73.7 Å². The average Bonchev–Trinajstić information content (AvgIpc) is 3.79. The number of anilines is 1. The van der Waals surface area contributed by atoms with Crippen LogP contribution in [0.2, 0.25) is 5.28 Å². The summed E-state index contributed by atoms with van der Waals surface area (Å²) in [5.74, 6) is 1.28. The largest absolute Gasteiger partial charge is 0.390 e. The molecule has 5 atom stereocenters. The second kappa shape index (κ2) is 11.8. The highest BCUT2D eigenvalue weighted by Crippen LogP contribution is 2.46. The predicted octanol–water partition coefficient (Wildman–Crippen LogP) is 4.41. The number of nitrogen functional groups attached to an aromatic ring is 1. The van der Waals surface area contributed by atoms with Crippen LogP contribution in [0.4, 0.5) is 5.82 Å². The number of fused-ring (bicyclic) bond motifs is 1. The standard InChI is InChI=1S/C31H37ClN6O3S/c32-31-35-28(33)25-23(30-34-21(17-42-30)12-18-4-2-1-3-5-18)15-38(29(25)36-31)24-13-22(26(39)27(24)40)20-6-9-37(10-7-20)14-19-8-11-41-16-19/h1-5,15,17,19-20,22,24,26-27,39-40H,6-14,16H2,(H2,33,35,36)/t19?,22-,24-,26-,27+/m1/s1. The summed E-state index contributed by atoms with van der Waals surface area (Å²) in [5, 5.41) is 26.3. The summed E-state index contributed by atoms with van der Waals surface area (Å²) in [4.78, 5) is 16.3. The normalized spacial score (nSPS) is 27.4. The Balaban J connectivity index is 1.14. The third kappa shape index (κ3) is 5.44. The third-order valence-corrected chi connectivity index (χ3v) is 10.6. The highest BCUT2D eigenvalue weighted by atomic mass is 35.5. The maximum Gasteiger partial charge on any atom is 0.226 e. The third-order valence-electron chi connectivity index (χ3n) is 9.51. The fourth-order valence-corrected chi connectivity index (χ4v) is 8.33. The number of aliphatic hydroxyl groups excluding tert-OH is 2. The fraction of sp³-hybridized carbons (Fsp3) is 0.516. The lowest BCUT2D eigenvalue weighted by Crippen LogP contribution is -2.41. The Labute approximate surface area is 254 Å². The van der Waals surface area contributed by atoms with Crippen LogP contribution in [0.5, 0.6) is 0 Å². The van der Waals surface area contributed by atoms with Gasteiger partial charge < -0.3 is 30.2 Å². The van der Waals surface area contributed by atoms with Gasteiger partial charge in [0.1, 0.15) is 22.6 Å². The molecule has 9 nitrogen and oxygen atoms in total. The molecule has 3 fully saturated rings. The molecule has 0 bridgehead atoms. The molecular formula is C31H37ClN6O3S. The van der Waals surface area contributed by atoms with Crippen LogP contribution in [0.25, 0.3) is 21.6 Å². The van der Waals surface area contributed by atoms with E-state index in [1.165, 1.54) is 5.56 Å². The van der Waals surface area contributed by atoms with Gasteiger partial charge in [0.05, 0.1) is 29.8 Å². The van der Waals surface area contributed by atoms with Gasteiger partial charge in [-0.2, -0.15) is 4.98 Å². The maximum atomic E-state index is 11.4. The van der Waals surface area contributed by atoms with Crippen molar-refractivity contribution in [3.63, 3.8) is 0 Å². The van der Waals surface area contributed by atoms with Crippen LogP contribution in [0.15, 0.2) is 41.9 Å². The number of aromatic nitrogens is 4. The second-order valence-electron chi connectivity index (χ2n) is 12.1. The Hall–Kier alpha value is -2.60. The monoisotopic (exact) mass is 608 g/mol. The van der Waals surface area contributed by atoms with E-state index in [-0.39, 0.29) is 23.1 Å². The van der Waals surface area contributed by atoms with E-state index in [0.29, 0.717) is 29.3 Å². The molecule has 0 amide bonds. The number of nitrogens with zero attached hydrogens (tertiary/aromatic N) is 5. The molecule has 4 N–H and O–H groups in total. The molecule has 3 aliphatic rings. The number of halogens is 1. The number of piperidine rings is 1. The van der Waals surface area contributed by atoms with Gasteiger partial charge in [-0.1, -0.05) is 30.3 Å². The highest BCUT2D eigenvalue weighted by Gasteiger charge is 2.47. The SMILES string of the molecule is Nc1nc(Cl)nc2c1c(-c1nc(Cc3ccccc3)cs1)cn2[C@@H]1C[C@H](C2CCN(CC3CCOC3)CC2)[C@@H](O)[C@H]1O. The zero-order chi connectivity index (χ0) is 28.8. The Bertz CT molecular complexity index is 1530. The second-order valence-corrected chi connectivity index (χ2v) is 13.3. The number of aliphatic hydroxyl groups is 2. The number of likely N-dealkylation sites (tertiary alicyclic amines) is 1. The van der Waals surface area contributed by atoms with E-state index in [0.717, 1.165) is 74.8 Å². The molecule has 4 aromatic rings. The van der Waals surface area contributed by atoms with Crippen LogP contribution in [0, 0.1) is 17.8 Å². The van der Waals surface area contributed by atoms with E-state index >= 15 is 0 Å². The fourth-order valence-electron chi connectivity index (χ4n) is 7.32. The lowest BCUT2D eigenvalue weighted by molar-refractivity contribution is -0.0128. The number of hydrogen-bond donors (Lipinski definition) is 3. The number of nitrogens with two attached hydrogens (primary N) is 1. The summed E-state index contributed by atoms with van der Waals surface area (Å²) < 4.78 is 7.52. The van der Waals surface area contributed by atoms with E-state index in [4.69, 9.17) is 27.1 Å². The Morgan fingerprint density at radius 3 is 2.62 bits per heavy atom. The quantitative estimate of drug-likeness (QED) is 0.264. The molecule has 0 spiro atoms. The van der Waals surface area contributed by atoms with Crippen LogP contribution < -0.4 is 5.73 Å². The minimum Gasteiger partial charge on any atom is -0.390 e. The first kappa shape index (κ1) is 28.2. The van der Waals surface area contributed by atoms with Gasteiger partial charge in [-0.25, -0.2) is 9.97 Å². The van der Waals surface area contributed by atoms with Gasteiger partial charge in [-0.3, -0.25) is 0 Å². The van der Waals surface area contributed by atoms with Gasteiger partial charge in [0.15, 0.2) is 0 Å². The van der Waals surface area contributed by atoms with Crippen LogP contribution in [0.1, 0.15) is 43.0 Å². The molecule has 2 aliphatic heterocycles. The van der Waals surface area contributed by atoms with Crippen molar-refractivity contribution in [1.29, 1.82) is 0 Å². The number of benzene rings is 1. The van der Waals surface area contributed by atoms with Gasteiger partial charge in [0.2, 0.25) is 5.28 Å². The number of hydrogen-bond acceptors (Lipinski definition) is 9. The van der Waals surface area contributed by atoms with Crippen molar-refractivity contribution in [2.75, 3.05) is 38.6 Å². The lowest BCUT2D eigenvalue weighted by atomic mass is 9.81. The Kier molecular flexibility index (Phi) is 7.94. The van der Waals surface area contributed by atoms with Crippen LogP contribution >= 0.6 is 22.9 Å². The van der Waals surface area contributed by atoms with Crippen molar-refractivity contribution < 1.29 is 14.9 Å². The Morgan fingerprint density at radius 2 is 1.86 bits per heavy atom. The number of thiazole rings is 1. The first-order chi connectivity index (χ1) is 20.4. The molecule has 1 saturated carbocycles. The number of ether oxygens (including phenoxy) is 1. The first-order valence-electron chi connectivity index (χ1n) is 14.9. The van der Waals surface area contributed by atoms with Crippen LogP contribution in [-0.2, 0) is 11.2 Å². The van der Waals surface area contributed by atoms with Gasteiger partial charge in [0.25, 0.3) is 0 Å². The van der Waals surface area contributed by atoms with E-state index in [9.17, 15) is 10.2 Å². The smallest absolute Gasteiger partial charge is 0.226 e. The van der Waals surface area contributed by atoms with Crippen molar-refractivity contribution >= 4 is 39.8 Å². The van der Waals surface area contributed by atoms with E-state index < -0.39 is 12.2 Å². The molecule has 222 valence electrons. The van der Waals surface area contributed by atoms with Crippen molar-refractivity contribution in [1.82, 2.24) is 24.4 Å². The molecule has 11 heteroatoms. The molecule has 5 heterocycles. The average molecular weight is 609 g/mol. The van der Waals surface area contributed by atoms with E-state index in [1.54, 1.807) is 11.3 Å². The summed E-state index contributed by atoms with van der Waals surface area (Å²) in [5.41, 5.74) is 9.96. The number of rotatable bonds is 7. The van der Waals surface area contributed by atoms with Crippen molar-refractivity contribution in [2.45, 2.75) is 50.4 Å². The molecule has 7 rings (SSSR count). The summed E-state index contributed by atoms with van der Waals surface area (Å²) in [6.45, 7) is 4.89. The maximum absolute atomic E-state index is 11.4. The van der Waals surface area contributed by atoms with Crippen LogP contribution in [0.3, 0.4) is 0 Å². The highest BCUT2D eigenvalue weighted by molar-refractivity contribution is 7.13. The van der Waals surface area contributed by atoms with Gasteiger partial charge >= 0.3 is 0 Å². The summed E-state index contributed by atoms with van der Waals surface area (Å²) in [6, 6.07) is 9.90. The summed E-state index contributed by atoms with van der Waals surface area (Å²) in [7, 11) is 0. The molecule has 3 aromatic heterocycles. The molecule has 0 radical (unpaired) electrons. The van der Waals surface area contributed by atoms with E-state index in [2.05, 4.69) is 32.4 Å². The summed E-state index contributed by atoms with van der Waals surface area (Å²) in [6.07, 6.45) is 4.83. The Morgan fingerprint density at radius 1 is 1.05 bits per heavy atom. The molecule has 1 aliphatic carbocycles. The van der Waals surface area contributed by atoms with Gasteiger partial charge in [0, 0.05) is 36.7 Å². The van der Waals surface area contributed by atoms with Crippen molar-refractivity contribution in [3.8, 4) is 10.6 Å². The minimum absolute atomic E-state index is 0.00913. The molecule has 2 saturated heterocycles. The molecular weight excluding hydrogens is 572 g/mol. The zero-order valence-electron chi connectivity index (χ0n) is 23.5. The lowest BCUT2D eigenvalue weighted by Gasteiger charge is -2.36. The van der Waals surface area contributed by atoms with Crippen LogP contribution in [-0.4, -0.2) is 79.7 Å². The van der Waals surface area contributed by atoms with Gasteiger partial charge in [-0.15, -0.1) is 11.3 Å². The van der Waals surface area contributed by atoms with E-state index in [1.807, 2.05) is 29.0 Å². The summed E-state index contributed by atoms with van der Waals surface area (Å²) >= 11 is 7.84. The van der Waals surface area contributed by atoms with Crippen molar-refractivity contribution in [2.24, 2.45) is 17.8 Å². The molecule has 1 aromatic carbocycles. The zero-order valence-corrected chi connectivity index (χ0v) is 25.1. The topological polar surface area (TPSA) is 123 Å². The van der Waals surface area contributed by atoms with Crippen molar-refractivity contribution in [3.05, 3.63) is 58.4 Å².